The summed E-state index contributed by atoms with van der Waals surface area (Å²) in [5, 5.41) is 8.03. The number of pyridine rings is 1. The molecule has 1 aliphatic heterocycles. The molecule has 2 N–H and O–H groups in total. The molecule has 7 nitrogen and oxygen atoms in total. The molecule has 2 aromatic heterocycles. The van der Waals surface area contributed by atoms with Crippen molar-refractivity contribution in [3.63, 3.8) is 0 Å². The van der Waals surface area contributed by atoms with Crippen molar-refractivity contribution < 1.29 is 4.79 Å². The van der Waals surface area contributed by atoms with Gasteiger partial charge in [-0.1, -0.05) is 18.2 Å². The van der Waals surface area contributed by atoms with Crippen molar-refractivity contribution in [2.75, 3.05) is 18.9 Å². The normalized spacial score (nSPS) is 14.5. The molecule has 1 aromatic carbocycles. The summed E-state index contributed by atoms with van der Waals surface area (Å²) in [7, 11) is 2.06. The highest BCUT2D eigenvalue weighted by Crippen LogP contribution is 2.20. The van der Waals surface area contributed by atoms with E-state index in [1.165, 1.54) is 0 Å². The highest BCUT2D eigenvalue weighted by Gasteiger charge is 2.20. The first-order valence-corrected chi connectivity index (χ1v) is 8.21. The molecule has 128 valence electrons. The SMILES string of the molecule is Cc1c(C(=O)Nc2cc3n(n2)CCN(C)C3)c2ccccc2[nH]c1=O. The lowest BCUT2D eigenvalue weighted by Gasteiger charge is -2.22. The number of H-pyrrole nitrogens is 1. The fourth-order valence-corrected chi connectivity index (χ4v) is 3.27. The first kappa shape index (κ1) is 15.6. The van der Waals surface area contributed by atoms with Gasteiger partial charge in [0.15, 0.2) is 5.82 Å². The maximum absolute atomic E-state index is 12.9. The molecular formula is C18H19N5O2. The van der Waals surface area contributed by atoms with Gasteiger partial charge >= 0.3 is 0 Å². The molecule has 3 aromatic rings. The third kappa shape index (κ3) is 2.72. The molecule has 25 heavy (non-hydrogen) atoms. The molecule has 0 atom stereocenters. The molecule has 0 radical (unpaired) electrons. The van der Waals surface area contributed by atoms with Crippen LogP contribution in [0, 0.1) is 6.92 Å². The molecular weight excluding hydrogens is 318 g/mol. The van der Waals surface area contributed by atoms with E-state index in [9.17, 15) is 9.59 Å². The number of hydrogen-bond donors (Lipinski definition) is 2. The highest BCUT2D eigenvalue weighted by molar-refractivity contribution is 6.13. The van der Waals surface area contributed by atoms with Crippen LogP contribution in [0.15, 0.2) is 35.1 Å². The lowest BCUT2D eigenvalue weighted by Crippen LogP contribution is -2.30. The summed E-state index contributed by atoms with van der Waals surface area (Å²) in [5.41, 5.74) is 2.25. The van der Waals surface area contributed by atoms with Gasteiger partial charge in [-0.05, 0) is 20.0 Å². The largest absolute Gasteiger partial charge is 0.322 e. The lowest BCUT2D eigenvalue weighted by molar-refractivity contribution is 0.102. The molecule has 0 fully saturated rings. The second-order valence-electron chi connectivity index (χ2n) is 6.44. The molecule has 0 unspecified atom stereocenters. The van der Waals surface area contributed by atoms with Crippen LogP contribution in [0.3, 0.4) is 0 Å². The van der Waals surface area contributed by atoms with Crippen LogP contribution in [-0.2, 0) is 13.1 Å². The number of amides is 1. The van der Waals surface area contributed by atoms with E-state index in [1.54, 1.807) is 13.0 Å². The van der Waals surface area contributed by atoms with Crippen molar-refractivity contribution in [1.82, 2.24) is 19.7 Å². The second-order valence-corrected chi connectivity index (χ2v) is 6.44. The number of nitrogens with zero attached hydrogens (tertiary/aromatic N) is 3. The van der Waals surface area contributed by atoms with Crippen molar-refractivity contribution in [3.05, 3.63) is 57.5 Å². The van der Waals surface area contributed by atoms with Gasteiger partial charge in [0.05, 0.1) is 17.8 Å². The molecule has 3 heterocycles. The number of nitrogens with one attached hydrogen (secondary N) is 2. The minimum atomic E-state index is -0.316. The molecule has 4 rings (SSSR count). The average molecular weight is 337 g/mol. The number of benzene rings is 1. The Bertz CT molecular complexity index is 1030. The van der Waals surface area contributed by atoms with Crippen LogP contribution >= 0.6 is 0 Å². The predicted octanol–water partition coefficient (Wildman–Crippen LogP) is 1.73. The Morgan fingerprint density at radius 3 is 2.92 bits per heavy atom. The van der Waals surface area contributed by atoms with Crippen LogP contribution in [0.4, 0.5) is 5.82 Å². The number of aromatic nitrogens is 3. The van der Waals surface area contributed by atoms with E-state index in [4.69, 9.17) is 0 Å². The van der Waals surface area contributed by atoms with Gasteiger partial charge < -0.3 is 10.3 Å². The summed E-state index contributed by atoms with van der Waals surface area (Å²) in [6, 6.07) is 9.19. The van der Waals surface area contributed by atoms with E-state index < -0.39 is 0 Å². The molecule has 1 aliphatic rings. The monoisotopic (exact) mass is 337 g/mol. The number of rotatable bonds is 2. The van der Waals surface area contributed by atoms with E-state index in [-0.39, 0.29) is 11.5 Å². The topological polar surface area (TPSA) is 83.0 Å². The van der Waals surface area contributed by atoms with Gasteiger partial charge in [-0.25, -0.2) is 0 Å². The fourth-order valence-electron chi connectivity index (χ4n) is 3.27. The second kappa shape index (κ2) is 5.86. The number of carbonyl (C=O) groups excluding carboxylic acids is 1. The first-order valence-electron chi connectivity index (χ1n) is 8.21. The van der Waals surface area contributed by atoms with Crippen molar-refractivity contribution in [2.24, 2.45) is 0 Å². The molecule has 0 saturated heterocycles. The average Bonchev–Trinajstić information content (AvgIpc) is 2.97. The standard InChI is InChI=1S/C18H19N5O2/c1-11-16(13-5-3-4-6-14(13)19-17(11)24)18(25)20-15-9-12-10-22(2)7-8-23(12)21-15/h3-6,9H,7-8,10H2,1-2H3,(H,19,24)(H,20,21,25). The van der Waals surface area contributed by atoms with Gasteiger partial charge in [0.25, 0.3) is 11.5 Å². The number of para-hydroxylation sites is 1. The van der Waals surface area contributed by atoms with Crippen LogP contribution in [-0.4, -0.2) is 39.2 Å². The summed E-state index contributed by atoms with van der Waals surface area (Å²) in [6.07, 6.45) is 0. The molecule has 0 bridgehead atoms. The fraction of sp³-hybridized carbons (Fsp3) is 0.278. The maximum Gasteiger partial charge on any atom is 0.258 e. The van der Waals surface area contributed by atoms with Crippen LogP contribution in [0.1, 0.15) is 21.6 Å². The Hall–Kier alpha value is -2.93. The minimum absolute atomic E-state index is 0.255. The van der Waals surface area contributed by atoms with E-state index in [2.05, 4.69) is 27.3 Å². The van der Waals surface area contributed by atoms with Gasteiger partial charge in [-0.2, -0.15) is 5.10 Å². The summed E-state index contributed by atoms with van der Waals surface area (Å²) < 4.78 is 1.92. The van der Waals surface area contributed by atoms with Gasteiger partial charge in [0, 0.05) is 35.6 Å². The van der Waals surface area contributed by atoms with Crippen molar-refractivity contribution in [3.8, 4) is 0 Å². The number of anilines is 1. The van der Waals surface area contributed by atoms with Crippen LogP contribution in [0.25, 0.3) is 10.9 Å². The molecule has 7 heteroatoms. The van der Waals surface area contributed by atoms with Crippen molar-refractivity contribution in [1.29, 1.82) is 0 Å². The van der Waals surface area contributed by atoms with Crippen molar-refractivity contribution >= 4 is 22.6 Å². The number of carbonyl (C=O) groups is 1. The van der Waals surface area contributed by atoms with E-state index in [1.807, 2.05) is 28.9 Å². The lowest BCUT2D eigenvalue weighted by atomic mass is 10.0. The molecule has 0 saturated carbocycles. The minimum Gasteiger partial charge on any atom is -0.322 e. The number of aromatic amines is 1. The van der Waals surface area contributed by atoms with E-state index >= 15 is 0 Å². The predicted molar refractivity (Wildman–Crippen MR) is 95.8 cm³/mol. The molecule has 0 aliphatic carbocycles. The van der Waals surface area contributed by atoms with Gasteiger partial charge in [-0.15, -0.1) is 0 Å². The summed E-state index contributed by atoms with van der Waals surface area (Å²) in [5.74, 6) is 0.197. The third-order valence-electron chi connectivity index (χ3n) is 4.62. The smallest absolute Gasteiger partial charge is 0.258 e. The Labute approximate surface area is 144 Å². The van der Waals surface area contributed by atoms with Crippen molar-refractivity contribution in [2.45, 2.75) is 20.0 Å². The van der Waals surface area contributed by atoms with E-state index in [0.717, 1.165) is 30.7 Å². The van der Waals surface area contributed by atoms with E-state index in [0.29, 0.717) is 22.5 Å². The zero-order valence-corrected chi connectivity index (χ0v) is 14.2. The number of fused-ring (bicyclic) bond motifs is 2. The Morgan fingerprint density at radius 2 is 2.08 bits per heavy atom. The Balaban J connectivity index is 1.72. The van der Waals surface area contributed by atoms with Gasteiger partial charge in [-0.3, -0.25) is 19.2 Å². The summed E-state index contributed by atoms with van der Waals surface area (Å²) in [4.78, 5) is 30.0. The van der Waals surface area contributed by atoms with Gasteiger partial charge in [0.2, 0.25) is 0 Å². The van der Waals surface area contributed by atoms with Gasteiger partial charge in [0.1, 0.15) is 0 Å². The highest BCUT2D eigenvalue weighted by atomic mass is 16.2. The number of hydrogen-bond acceptors (Lipinski definition) is 4. The third-order valence-corrected chi connectivity index (χ3v) is 4.62. The molecule has 0 spiro atoms. The summed E-state index contributed by atoms with van der Waals surface area (Å²) in [6.45, 7) is 4.19. The Morgan fingerprint density at radius 1 is 1.28 bits per heavy atom. The summed E-state index contributed by atoms with van der Waals surface area (Å²) >= 11 is 0. The molecule has 1 amide bonds. The zero-order valence-electron chi connectivity index (χ0n) is 14.2. The van der Waals surface area contributed by atoms with Crippen LogP contribution < -0.4 is 10.9 Å². The number of likely N-dealkylation sites (N-methyl/N-ethyl adjacent to an activating group) is 1. The zero-order chi connectivity index (χ0) is 17.6. The quantitative estimate of drug-likeness (QED) is 0.746. The first-order chi connectivity index (χ1) is 12.0. The van der Waals surface area contributed by atoms with Crippen LogP contribution in [0.5, 0.6) is 0 Å². The Kier molecular flexibility index (Phi) is 3.65. The maximum atomic E-state index is 12.9. The van der Waals surface area contributed by atoms with Crippen LogP contribution in [0.2, 0.25) is 0 Å².